The zero-order chi connectivity index (χ0) is 18.0. The van der Waals surface area contributed by atoms with Crippen LogP contribution in [0.15, 0.2) is 29.2 Å². The van der Waals surface area contributed by atoms with Gasteiger partial charge in [0.05, 0.1) is 4.90 Å². The van der Waals surface area contributed by atoms with Crippen molar-refractivity contribution >= 4 is 27.7 Å². The van der Waals surface area contributed by atoms with Crippen molar-refractivity contribution in [1.29, 1.82) is 0 Å². The summed E-state index contributed by atoms with van der Waals surface area (Å²) in [6, 6.07) is 5.81. The Morgan fingerprint density at radius 3 is 2.50 bits per heavy atom. The Balaban J connectivity index is 2.04. The fourth-order valence-electron chi connectivity index (χ4n) is 2.51. The minimum absolute atomic E-state index is 0.199. The second-order valence-corrected chi connectivity index (χ2v) is 9.18. The number of nitrogens with one attached hydrogen (secondary N) is 1. The summed E-state index contributed by atoms with van der Waals surface area (Å²) in [6.07, 6.45) is 0.859. The average Bonchev–Trinajstić information content (AvgIpc) is 2.46. The number of sulfonamides is 1. The number of carbonyl (C=O) groups is 1. The number of rotatable bonds is 3. The molecule has 1 aliphatic rings. The first-order valence-electron chi connectivity index (χ1n) is 7.83. The van der Waals surface area contributed by atoms with E-state index >= 15 is 0 Å². The monoisotopic (exact) mass is 374 g/mol. The first-order valence-corrected chi connectivity index (χ1v) is 9.65. The fraction of sp³-hybridized carbons (Fsp3) is 0.562. The molecule has 0 radical (unpaired) electrons. The number of halogens is 1. The molecule has 1 heterocycles. The highest BCUT2D eigenvalue weighted by Crippen LogP contribution is 2.22. The summed E-state index contributed by atoms with van der Waals surface area (Å²) in [6.45, 7) is 6.00. The molecule has 0 aromatic heterocycles. The van der Waals surface area contributed by atoms with Crippen LogP contribution in [0.3, 0.4) is 0 Å². The third-order valence-corrected chi connectivity index (χ3v) is 5.69. The van der Waals surface area contributed by atoms with E-state index in [4.69, 9.17) is 16.3 Å². The van der Waals surface area contributed by atoms with E-state index in [0.717, 1.165) is 0 Å². The molecule has 24 heavy (non-hydrogen) atoms. The maximum Gasteiger partial charge on any atom is 0.407 e. The molecule has 6 nitrogen and oxygen atoms in total. The Hall–Kier alpha value is -1.31. The summed E-state index contributed by atoms with van der Waals surface area (Å²) in [4.78, 5) is 12.1. The Bertz CT molecular complexity index is 683. The number of nitrogens with zero attached hydrogens (tertiary/aromatic N) is 1. The number of hydrogen-bond acceptors (Lipinski definition) is 4. The van der Waals surface area contributed by atoms with Crippen LogP contribution in [0.4, 0.5) is 4.79 Å². The maximum atomic E-state index is 12.7. The lowest BCUT2D eigenvalue weighted by atomic mass is 10.1. The van der Waals surface area contributed by atoms with Gasteiger partial charge in [-0.3, -0.25) is 0 Å². The van der Waals surface area contributed by atoms with Gasteiger partial charge >= 0.3 is 6.09 Å². The van der Waals surface area contributed by atoms with E-state index in [1.807, 2.05) is 0 Å². The molecular weight excluding hydrogens is 352 g/mol. The molecule has 1 fully saturated rings. The molecule has 1 aliphatic heterocycles. The predicted octanol–water partition coefficient (Wildman–Crippen LogP) is 3.02. The number of ether oxygens (including phenoxy) is 1. The third-order valence-electron chi connectivity index (χ3n) is 3.56. The summed E-state index contributed by atoms with van der Waals surface area (Å²) in [5.74, 6) is 0. The average molecular weight is 375 g/mol. The van der Waals surface area contributed by atoms with Crippen LogP contribution < -0.4 is 5.32 Å². The molecule has 1 atom stereocenters. The molecule has 1 aromatic rings. The lowest BCUT2D eigenvalue weighted by molar-refractivity contribution is 0.0487. The topological polar surface area (TPSA) is 75.7 Å². The number of benzene rings is 1. The van der Waals surface area contributed by atoms with Gasteiger partial charge in [0.25, 0.3) is 0 Å². The molecule has 1 amide bonds. The quantitative estimate of drug-likeness (QED) is 0.882. The fourth-order valence-corrected chi connectivity index (χ4v) is 4.16. The molecular formula is C16H23ClN2O4S. The predicted molar refractivity (Wildman–Crippen MR) is 92.6 cm³/mol. The SMILES string of the molecule is CC(C)(C)OC(=O)NC1CCCN(S(=O)(=O)c2ccc(Cl)cc2)C1. The van der Waals surface area contributed by atoms with E-state index in [0.29, 0.717) is 24.4 Å². The minimum atomic E-state index is -3.60. The number of hydrogen-bond donors (Lipinski definition) is 1. The van der Waals surface area contributed by atoms with Crippen molar-refractivity contribution in [2.45, 2.75) is 50.2 Å². The lowest BCUT2D eigenvalue weighted by Gasteiger charge is -2.32. The zero-order valence-corrected chi connectivity index (χ0v) is 15.7. The van der Waals surface area contributed by atoms with Gasteiger partial charge in [0.1, 0.15) is 5.60 Å². The summed E-state index contributed by atoms with van der Waals surface area (Å²) in [5, 5.41) is 3.23. The molecule has 0 spiro atoms. The van der Waals surface area contributed by atoms with Crippen molar-refractivity contribution in [3.05, 3.63) is 29.3 Å². The standard InChI is InChI=1S/C16H23ClN2O4S/c1-16(2,3)23-15(20)18-13-5-4-10-19(11-13)24(21,22)14-8-6-12(17)7-9-14/h6-9,13H,4-5,10-11H2,1-3H3,(H,18,20). The third kappa shape index (κ3) is 5.09. The second-order valence-electron chi connectivity index (χ2n) is 6.80. The molecule has 134 valence electrons. The number of amides is 1. The van der Waals surface area contributed by atoms with Crippen molar-refractivity contribution < 1.29 is 17.9 Å². The van der Waals surface area contributed by atoms with Crippen LogP contribution in [0.2, 0.25) is 5.02 Å². The van der Waals surface area contributed by atoms with Gasteiger partial charge < -0.3 is 10.1 Å². The van der Waals surface area contributed by atoms with Crippen LogP contribution in [0.5, 0.6) is 0 Å². The van der Waals surface area contributed by atoms with Crippen LogP contribution >= 0.6 is 11.6 Å². The van der Waals surface area contributed by atoms with Gasteiger partial charge in [0, 0.05) is 24.2 Å². The van der Waals surface area contributed by atoms with Crippen LogP contribution in [0, 0.1) is 0 Å². The maximum absolute atomic E-state index is 12.7. The van der Waals surface area contributed by atoms with E-state index in [1.165, 1.54) is 16.4 Å². The summed E-state index contributed by atoms with van der Waals surface area (Å²) >= 11 is 5.81. The molecule has 1 unspecified atom stereocenters. The molecule has 1 saturated heterocycles. The van der Waals surface area contributed by atoms with E-state index < -0.39 is 21.7 Å². The van der Waals surface area contributed by atoms with E-state index in [1.54, 1.807) is 32.9 Å². The molecule has 1 N–H and O–H groups in total. The van der Waals surface area contributed by atoms with Crippen LogP contribution in [-0.4, -0.2) is 43.5 Å². The van der Waals surface area contributed by atoms with E-state index in [9.17, 15) is 13.2 Å². The molecule has 1 aromatic carbocycles. The van der Waals surface area contributed by atoms with Crippen LogP contribution in [-0.2, 0) is 14.8 Å². The Morgan fingerprint density at radius 2 is 1.92 bits per heavy atom. The molecule has 0 saturated carbocycles. The van der Waals surface area contributed by atoms with Gasteiger partial charge in [-0.15, -0.1) is 0 Å². The van der Waals surface area contributed by atoms with Crippen molar-refractivity contribution in [2.75, 3.05) is 13.1 Å². The van der Waals surface area contributed by atoms with E-state index in [2.05, 4.69) is 5.32 Å². The lowest BCUT2D eigenvalue weighted by Crippen LogP contribution is -2.50. The number of carbonyl (C=O) groups excluding carboxylic acids is 1. The Labute approximate surface area is 148 Å². The van der Waals surface area contributed by atoms with Gasteiger partial charge in [-0.05, 0) is 57.9 Å². The van der Waals surface area contributed by atoms with Gasteiger partial charge in [-0.2, -0.15) is 4.31 Å². The molecule has 8 heteroatoms. The normalized spacial score (nSPS) is 19.8. The smallest absolute Gasteiger partial charge is 0.407 e. The van der Waals surface area contributed by atoms with Gasteiger partial charge in [0.15, 0.2) is 0 Å². The number of piperidine rings is 1. The van der Waals surface area contributed by atoms with Gasteiger partial charge in [-0.25, -0.2) is 13.2 Å². The van der Waals surface area contributed by atoms with Crippen molar-refractivity contribution in [2.24, 2.45) is 0 Å². The highest BCUT2D eigenvalue weighted by Gasteiger charge is 2.31. The zero-order valence-electron chi connectivity index (χ0n) is 14.1. The summed E-state index contributed by atoms with van der Waals surface area (Å²) in [7, 11) is -3.60. The van der Waals surface area contributed by atoms with Crippen LogP contribution in [0.1, 0.15) is 33.6 Å². The van der Waals surface area contributed by atoms with Crippen molar-refractivity contribution in [3.63, 3.8) is 0 Å². The minimum Gasteiger partial charge on any atom is -0.444 e. The second kappa shape index (κ2) is 7.29. The highest BCUT2D eigenvalue weighted by atomic mass is 35.5. The molecule has 0 bridgehead atoms. The van der Waals surface area contributed by atoms with Gasteiger partial charge in [0.2, 0.25) is 10.0 Å². The van der Waals surface area contributed by atoms with Crippen molar-refractivity contribution in [1.82, 2.24) is 9.62 Å². The summed E-state index contributed by atoms with van der Waals surface area (Å²) < 4.78 is 32.0. The Morgan fingerprint density at radius 1 is 1.29 bits per heavy atom. The van der Waals surface area contributed by atoms with Crippen molar-refractivity contribution in [3.8, 4) is 0 Å². The summed E-state index contributed by atoms with van der Waals surface area (Å²) in [5.41, 5.74) is -0.589. The van der Waals surface area contributed by atoms with Gasteiger partial charge in [-0.1, -0.05) is 11.6 Å². The first-order chi connectivity index (χ1) is 11.1. The molecule has 0 aliphatic carbocycles. The van der Waals surface area contributed by atoms with Crippen LogP contribution in [0.25, 0.3) is 0 Å². The first kappa shape index (κ1) is 19.0. The largest absolute Gasteiger partial charge is 0.444 e. The van der Waals surface area contributed by atoms with E-state index in [-0.39, 0.29) is 17.5 Å². The Kier molecular flexibility index (Phi) is 5.78. The molecule has 2 rings (SSSR count). The highest BCUT2D eigenvalue weighted by molar-refractivity contribution is 7.89. The number of alkyl carbamates (subject to hydrolysis) is 1.